The number of nitrogens with zero attached hydrogens (tertiary/aromatic N) is 3. The molecule has 0 aromatic carbocycles. The molecule has 1 aromatic rings. The highest BCUT2D eigenvalue weighted by molar-refractivity contribution is 4.93. The summed E-state index contributed by atoms with van der Waals surface area (Å²) in [5, 5.41) is 8.02. The van der Waals surface area contributed by atoms with Gasteiger partial charge in [-0.15, -0.1) is 0 Å². The minimum absolute atomic E-state index is 0.599. The molecule has 2 heterocycles. The van der Waals surface area contributed by atoms with E-state index in [2.05, 4.69) is 33.9 Å². The molecule has 0 radical (unpaired) electrons. The molecular formula is C11H20N4. The van der Waals surface area contributed by atoms with E-state index in [1.807, 2.05) is 0 Å². The highest BCUT2D eigenvalue weighted by Gasteiger charge is 2.17. The summed E-state index contributed by atoms with van der Waals surface area (Å²) in [6, 6.07) is 0.599. The van der Waals surface area contributed by atoms with Gasteiger partial charge in [-0.2, -0.15) is 5.10 Å². The van der Waals surface area contributed by atoms with Crippen LogP contribution in [0.1, 0.15) is 38.3 Å². The van der Waals surface area contributed by atoms with Crippen molar-refractivity contribution in [2.75, 3.05) is 6.54 Å². The zero-order valence-corrected chi connectivity index (χ0v) is 9.66. The summed E-state index contributed by atoms with van der Waals surface area (Å²) >= 11 is 0. The van der Waals surface area contributed by atoms with Crippen LogP contribution in [0.25, 0.3) is 0 Å². The van der Waals surface area contributed by atoms with Crippen LogP contribution in [0, 0.1) is 0 Å². The SMILES string of the molecule is CCc1nc(CC)n(C[C@H]2CCCN2)n1. The molecule has 0 spiro atoms. The first kappa shape index (κ1) is 10.6. The molecule has 4 heteroatoms. The van der Waals surface area contributed by atoms with Crippen molar-refractivity contribution in [3.63, 3.8) is 0 Å². The second-order valence-corrected chi connectivity index (χ2v) is 4.13. The number of aromatic nitrogens is 3. The Balaban J connectivity index is 2.07. The van der Waals surface area contributed by atoms with Gasteiger partial charge in [-0.1, -0.05) is 13.8 Å². The normalized spacial score (nSPS) is 21.1. The summed E-state index contributed by atoms with van der Waals surface area (Å²) in [5.41, 5.74) is 0. The number of nitrogens with one attached hydrogen (secondary N) is 1. The number of hydrogen-bond donors (Lipinski definition) is 1. The average Bonchev–Trinajstić information content (AvgIpc) is 2.87. The van der Waals surface area contributed by atoms with Crippen LogP contribution >= 0.6 is 0 Å². The highest BCUT2D eigenvalue weighted by atomic mass is 15.4. The van der Waals surface area contributed by atoms with Crippen LogP contribution in [0.2, 0.25) is 0 Å². The lowest BCUT2D eigenvalue weighted by atomic mass is 10.2. The molecule has 0 amide bonds. The minimum atomic E-state index is 0.599. The first-order valence-electron chi connectivity index (χ1n) is 5.99. The van der Waals surface area contributed by atoms with Crippen molar-refractivity contribution in [2.24, 2.45) is 0 Å². The van der Waals surface area contributed by atoms with E-state index in [4.69, 9.17) is 0 Å². The van der Waals surface area contributed by atoms with Crippen molar-refractivity contribution in [3.8, 4) is 0 Å². The Morgan fingerprint density at radius 1 is 1.40 bits per heavy atom. The molecule has 2 rings (SSSR count). The third kappa shape index (κ3) is 2.37. The monoisotopic (exact) mass is 208 g/mol. The average molecular weight is 208 g/mol. The summed E-state index contributed by atoms with van der Waals surface area (Å²) in [6.07, 6.45) is 4.46. The topological polar surface area (TPSA) is 42.7 Å². The zero-order valence-electron chi connectivity index (χ0n) is 9.66. The molecule has 1 atom stereocenters. The van der Waals surface area contributed by atoms with Crippen molar-refractivity contribution < 1.29 is 0 Å². The summed E-state index contributed by atoms with van der Waals surface area (Å²) < 4.78 is 2.09. The standard InChI is InChI=1S/C11H20N4/c1-3-10-13-11(4-2)15(14-10)8-9-6-5-7-12-9/h9,12H,3-8H2,1-2H3/t9-/m1/s1. The lowest BCUT2D eigenvalue weighted by Gasteiger charge is -2.11. The summed E-state index contributed by atoms with van der Waals surface area (Å²) in [6.45, 7) is 6.38. The third-order valence-electron chi connectivity index (χ3n) is 2.98. The van der Waals surface area contributed by atoms with Gasteiger partial charge in [-0.25, -0.2) is 9.67 Å². The molecular weight excluding hydrogens is 188 g/mol. The molecule has 1 saturated heterocycles. The van der Waals surface area contributed by atoms with Crippen LogP contribution in [-0.4, -0.2) is 27.4 Å². The Bertz CT molecular complexity index is 312. The van der Waals surface area contributed by atoms with Crippen molar-refractivity contribution in [2.45, 2.75) is 52.1 Å². The van der Waals surface area contributed by atoms with E-state index >= 15 is 0 Å². The van der Waals surface area contributed by atoms with Gasteiger partial charge in [0.05, 0.1) is 6.54 Å². The Hall–Kier alpha value is -0.900. The van der Waals surface area contributed by atoms with E-state index in [1.54, 1.807) is 0 Å². The van der Waals surface area contributed by atoms with E-state index in [1.165, 1.54) is 12.8 Å². The molecule has 0 bridgehead atoms. The van der Waals surface area contributed by atoms with Gasteiger partial charge in [-0.05, 0) is 19.4 Å². The zero-order chi connectivity index (χ0) is 10.7. The van der Waals surface area contributed by atoms with Gasteiger partial charge in [0, 0.05) is 18.9 Å². The largest absolute Gasteiger partial charge is 0.312 e. The van der Waals surface area contributed by atoms with E-state index in [0.29, 0.717) is 6.04 Å². The van der Waals surface area contributed by atoms with Crippen molar-refractivity contribution >= 4 is 0 Å². The van der Waals surface area contributed by atoms with Crippen molar-refractivity contribution in [1.29, 1.82) is 0 Å². The second kappa shape index (κ2) is 4.75. The van der Waals surface area contributed by atoms with Crippen LogP contribution in [0.4, 0.5) is 0 Å². The van der Waals surface area contributed by atoms with Crippen LogP contribution in [0.15, 0.2) is 0 Å². The highest BCUT2D eigenvalue weighted by Crippen LogP contribution is 2.09. The lowest BCUT2D eigenvalue weighted by Crippen LogP contribution is -2.28. The maximum Gasteiger partial charge on any atom is 0.150 e. The van der Waals surface area contributed by atoms with Crippen LogP contribution in [-0.2, 0) is 19.4 Å². The third-order valence-corrected chi connectivity index (χ3v) is 2.98. The second-order valence-electron chi connectivity index (χ2n) is 4.13. The first-order chi connectivity index (χ1) is 7.33. The van der Waals surface area contributed by atoms with Gasteiger partial charge in [-0.3, -0.25) is 0 Å². The van der Waals surface area contributed by atoms with Crippen LogP contribution in [0.3, 0.4) is 0 Å². The molecule has 1 aliphatic rings. The quantitative estimate of drug-likeness (QED) is 0.807. The summed E-state index contributed by atoms with van der Waals surface area (Å²) in [5.74, 6) is 2.10. The Kier molecular flexibility index (Phi) is 3.36. The fourth-order valence-corrected chi connectivity index (χ4v) is 2.10. The van der Waals surface area contributed by atoms with E-state index in [-0.39, 0.29) is 0 Å². The molecule has 1 fully saturated rings. The summed E-state index contributed by atoms with van der Waals surface area (Å²) in [4.78, 5) is 4.51. The van der Waals surface area contributed by atoms with Gasteiger partial charge < -0.3 is 5.32 Å². The molecule has 4 nitrogen and oxygen atoms in total. The maximum atomic E-state index is 4.53. The Morgan fingerprint density at radius 2 is 2.27 bits per heavy atom. The molecule has 1 aliphatic heterocycles. The fourth-order valence-electron chi connectivity index (χ4n) is 2.10. The molecule has 1 aromatic heterocycles. The van der Waals surface area contributed by atoms with Gasteiger partial charge in [0.15, 0.2) is 5.82 Å². The number of aryl methyl sites for hydroxylation is 2. The molecule has 84 valence electrons. The van der Waals surface area contributed by atoms with E-state index in [0.717, 1.165) is 37.6 Å². The molecule has 0 unspecified atom stereocenters. The molecule has 1 N–H and O–H groups in total. The number of rotatable bonds is 4. The van der Waals surface area contributed by atoms with E-state index < -0.39 is 0 Å². The first-order valence-corrected chi connectivity index (χ1v) is 5.99. The fraction of sp³-hybridized carbons (Fsp3) is 0.818. The van der Waals surface area contributed by atoms with Gasteiger partial charge in [0.2, 0.25) is 0 Å². The predicted molar refractivity (Wildman–Crippen MR) is 59.8 cm³/mol. The Labute approximate surface area is 91.1 Å². The maximum absolute atomic E-state index is 4.53. The minimum Gasteiger partial charge on any atom is -0.312 e. The smallest absolute Gasteiger partial charge is 0.150 e. The van der Waals surface area contributed by atoms with Gasteiger partial charge in [0.25, 0.3) is 0 Å². The predicted octanol–water partition coefficient (Wildman–Crippen LogP) is 1.15. The van der Waals surface area contributed by atoms with Crippen molar-refractivity contribution in [1.82, 2.24) is 20.1 Å². The van der Waals surface area contributed by atoms with Crippen LogP contribution in [0.5, 0.6) is 0 Å². The Morgan fingerprint density at radius 3 is 2.87 bits per heavy atom. The van der Waals surface area contributed by atoms with Crippen LogP contribution < -0.4 is 5.32 Å². The van der Waals surface area contributed by atoms with E-state index in [9.17, 15) is 0 Å². The van der Waals surface area contributed by atoms with Gasteiger partial charge >= 0.3 is 0 Å². The molecule has 15 heavy (non-hydrogen) atoms. The van der Waals surface area contributed by atoms with Crippen molar-refractivity contribution in [3.05, 3.63) is 11.6 Å². The molecule has 0 saturated carbocycles. The number of hydrogen-bond acceptors (Lipinski definition) is 3. The summed E-state index contributed by atoms with van der Waals surface area (Å²) in [7, 11) is 0. The molecule has 0 aliphatic carbocycles. The lowest BCUT2D eigenvalue weighted by molar-refractivity contribution is 0.461. The van der Waals surface area contributed by atoms with Gasteiger partial charge in [0.1, 0.15) is 5.82 Å².